The Balaban J connectivity index is 1.87. The van der Waals surface area contributed by atoms with Crippen LogP contribution in [0, 0.1) is 11.8 Å². The SMILES string of the molecule is CC1CC(N)CCC1C(=O)N1CCC(N(C)C)CC1. The number of hydrogen-bond donors (Lipinski definition) is 1. The smallest absolute Gasteiger partial charge is 0.225 e. The van der Waals surface area contributed by atoms with Crippen LogP contribution in [0.1, 0.15) is 39.0 Å². The maximum absolute atomic E-state index is 12.6. The number of likely N-dealkylation sites (tertiary alicyclic amines) is 1. The number of nitrogens with zero attached hydrogens (tertiary/aromatic N) is 2. The molecule has 2 aliphatic rings. The van der Waals surface area contributed by atoms with Crippen molar-refractivity contribution < 1.29 is 4.79 Å². The van der Waals surface area contributed by atoms with Gasteiger partial charge in [-0.05, 0) is 52.1 Å². The Hall–Kier alpha value is -0.610. The molecule has 1 saturated heterocycles. The first-order valence-corrected chi connectivity index (χ1v) is 7.69. The fraction of sp³-hybridized carbons (Fsp3) is 0.933. The highest BCUT2D eigenvalue weighted by molar-refractivity contribution is 5.79. The summed E-state index contributed by atoms with van der Waals surface area (Å²) in [7, 11) is 4.26. The van der Waals surface area contributed by atoms with Crippen molar-refractivity contribution in [3.63, 3.8) is 0 Å². The second-order valence-electron chi connectivity index (χ2n) is 6.68. The first-order chi connectivity index (χ1) is 8.99. The topological polar surface area (TPSA) is 49.6 Å². The Kier molecular flexibility index (Phi) is 4.85. The van der Waals surface area contributed by atoms with Crippen LogP contribution >= 0.6 is 0 Å². The van der Waals surface area contributed by atoms with Crippen LogP contribution in [0.4, 0.5) is 0 Å². The van der Waals surface area contributed by atoms with Gasteiger partial charge in [0.1, 0.15) is 0 Å². The van der Waals surface area contributed by atoms with E-state index >= 15 is 0 Å². The molecule has 1 saturated carbocycles. The lowest BCUT2D eigenvalue weighted by atomic mass is 9.77. The first kappa shape index (κ1) is 14.8. The molecule has 0 radical (unpaired) electrons. The van der Waals surface area contributed by atoms with Crippen LogP contribution in [0.5, 0.6) is 0 Å². The van der Waals surface area contributed by atoms with Gasteiger partial charge >= 0.3 is 0 Å². The molecule has 1 heterocycles. The van der Waals surface area contributed by atoms with Crippen LogP contribution in [0.3, 0.4) is 0 Å². The minimum absolute atomic E-state index is 0.218. The molecule has 1 aliphatic carbocycles. The molecule has 0 aromatic heterocycles. The van der Waals surface area contributed by atoms with Crippen molar-refractivity contribution in [2.45, 2.75) is 51.1 Å². The van der Waals surface area contributed by atoms with Crippen LogP contribution in [0.25, 0.3) is 0 Å². The number of nitrogens with two attached hydrogens (primary N) is 1. The van der Waals surface area contributed by atoms with Gasteiger partial charge in [0, 0.05) is 31.1 Å². The van der Waals surface area contributed by atoms with Gasteiger partial charge in [0.2, 0.25) is 5.91 Å². The molecule has 1 amide bonds. The van der Waals surface area contributed by atoms with Crippen LogP contribution in [-0.2, 0) is 4.79 Å². The standard InChI is InChI=1S/C15H29N3O/c1-11-10-12(16)4-5-14(11)15(19)18-8-6-13(7-9-18)17(2)3/h11-14H,4-10,16H2,1-3H3. The van der Waals surface area contributed by atoms with Gasteiger partial charge in [0.25, 0.3) is 0 Å². The molecule has 2 N–H and O–H groups in total. The van der Waals surface area contributed by atoms with Gasteiger partial charge in [-0.15, -0.1) is 0 Å². The van der Waals surface area contributed by atoms with E-state index in [1.807, 2.05) is 0 Å². The number of carbonyl (C=O) groups is 1. The molecule has 110 valence electrons. The molecular weight excluding hydrogens is 238 g/mol. The van der Waals surface area contributed by atoms with Crippen molar-refractivity contribution in [2.75, 3.05) is 27.2 Å². The molecule has 3 unspecified atom stereocenters. The average Bonchev–Trinajstić information content (AvgIpc) is 2.38. The third-order valence-corrected chi connectivity index (χ3v) is 5.03. The summed E-state index contributed by atoms with van der Waals surface area (Å²) in [4.78, 5) is 17.0. The van der Waals surface area contributed by atoms with Gasteiger partial charge in [0.15, 0.2) is 0 Å². The average molecular weight is 267 g/mol. The fourth-order valence-electron chi connectivity index (χ4n) is 3.64. The van der Waals surface area contributed by atoms with E-state index in [0.717, 1.165) is 45.2 Å². The maximum atomic E-state index is 12.6. The summed E-state index contributed by atoms with van der Waals surface area (Å²) in [6, 6.07) is 0.944. The van der Waals surface area contributed by atoms with Crippen molar-refractivity contribution in [2.24, 2.45) is 17.6 Å². The summed E-state index contributed by atoms with van der Waals surface area (Å²) < 4.78 is 0. The van der Waals surface area contributed by atoms with Crippen molar-refractivity contribution in [1.82, 2.24) is 9.80 Å². The Labute approximate surface area is 117 Å². The summed E-state index contributed by atoms with van der Waals surface area (Å²) in [5, 5.41) is 0. The summed E-state index contributed by atoms with van der Waals surface area (Å²) in [5.74, 6) is 1.05. The van der Waals surface area contributed by atoms with Crippen LogP contribution in [0.15, 0.2) is 0 Å². The normalized spacial score (nSPS) is 33.7. The minimum atomic E-state index is 0.218. The van der Waals surface area contributed by atoms with Gasteiger partial charge in [-0.25, -0.2) is 0 Å². The molecule has 0 spiro atoms. The predicted octanol–water partition coefficient (Wildman–Crippen LogP) is 1.30. The summed E-state index contributed by atoms with van der Waals surface area (Å²) >= 11 is 0. The van der Waals surface area contributed by atoms with E-state index in [4.69, 9.17) is 5.73 Å². The molecule has 0 bridgehead atoms. The van der Waals surface area contributed by atoms with Gasteiger partial charge in [-0.2, -0.15) is 0 Å². The van der Waals surface area contributed by atoms with E-state index in [-0.39, 0.29) is 5.92 Å². The highest BCUT2D eigenvalue weighted by Gasteiger charge is 2.35. The molecule has 0 aromatic rings. The molecular formula is C15H29N3O. The van der Waals surface area contributed by atoms with E-state index < -0.39 is 0 Å². The minimum Gasteiger partial charge on any atom is -0.342 e. The second kappa shape index (κ2) is 6.23. The quantitative estimate of drug-likeness (QED) is 0.820. The lowest BCUT2D eigenvalue weighted by Crippen LogP contribution is -2.48. The summed E-state index contributed by atoms with van der Waals surface area (Å²) in [6.07, 6.45) is 5.22. The number of hydrogen-bond acceptors (Lipinski definition) is 3. The van der Waals surface area contributed by atoms with Gasteiger partial charge in [0.05, 0.1) is 0 Å². The maximum Gasteiger partial charge on any atom is 0.225 e. The lowest BCUT2D eigenvalue weighted by molar-refractivity contribution is -0.139. The van der Waals surface area contributed by atoms with Gasteiger partial charge < -0.3 is 15.5 Å². The molecule has 4 heteroatoms. The first-order valence-electron chi connectivity index (χ1n) is 7.69. The van der Waals surface area contributed by atoms with Gasteiger partial charge in [-0.3, -0.25) is 4.79 Å². The second-order valence-corrected chi connectivity index (χ2v) is 6.68. The van der Waals surface area contributed by atoms with Crippen molar-refractivity contribution in [3.05, 3.63) is 0 Å². The van der Waals surface area contributed by atoms with E-state index in [1.54, 1.807) is 0 Å². The molecule has 2 fully saturated rings. The molecule has 0 aromatic carbocycles. The van der Waals surface area contributed by atoms with Crippen molar-refractivity contribution in [3.8, 4) is 0 Å². The van der Waals surface area contributed by atoms with Crippen LogP contribution < -0.4 is 5.73 Å². The third kappa shape index (κ3) is 3.48. The third-order valence-electron chi connectivity index (χ3n) is 5.03. The monoisotopic (exact) mass is 267 g/mol. The van der Waals surface area contributed by atoms with E-state index in [2.05, 4.69) is 30.8 Å². The number of amides is 1. The van der Waals surface area contributed by atoms with Crippen molar-refractivity contribution >= 4 is 5.91 Å². The Morgan fingerprint density at radius 1 is 1.16 bits per heavy atom. The zero-order valence-electron chi connectivity index (χ0n) is 12.6. The van der Waals surface area contributed by atoms with Gasteiger partial charge in [-0.1, -0.05) is 6.92 Å². The zero-order valence-corrected chi connectivity index (χ0v) is 12.6. The molecule has 2 rings (SSSR count). The highest BCUT2D eigenvalue weighted by Crippen LogP contribution is 2.31. The van der Waals surface area contributed by atoms with E-state index in [9.17, 15) is 4.79 Å². The summed E-state index contributed by atoms with van der Waals surface area (Å²) in [6.45, 7) is 4.04. The molecule has 3 atom stereocenters. The zero-order chi connectivity index (χ0) is 14.0. The van der Waals surface area contributed by atoms with E-state index in [1.165, 1.54) is 0 Å². The van der Waals surface area contributed by atoms with Crippen LogP contribution in [0.2, 0.25) is 0 Å². The fourth-order valence-corrected chi connectivity index (χ4v) is 3.64. The largest absolute Gasteiger partial charge is 0.342 e. The van der Waals surface area contributed by atoms with Crippen LogP contribution in [-0.4, -0.2) is 55.0 Å². The lowest BCUT2D eigenvalue weighted by Gasteiger charge is -2.39. The number of rotatable bonds is 2. The predicted molar refractivity (Wildman–Crippen MR) is 77.8 cm³/mol. The molecule has 4 nitrogen and oxygen atoms in total. The summed E-state index contributed by atoms with van der Waals surface area (Å²) in [5.41, 5.74) is 5.99. The molecule has 19 heavy (non-hydrogen) atoms. The van der Waals surface area contributed by atoms with E-state index in [0.29, 0.717) is 23.9 Å². The Morgan fingerprint density at radius 2 is 1.79 bits per heavy atom. The van der Waals surface area contributed by atoms with Crippen molar-refractivity contribution in [1.29, 1.82) is 0 Å². The molecule has 1 aliphatic heterocycles. The highest BCUT2D eigenvalue weighted by atomic mass is 16.2. The Bertz CT molecular complexity index is 311. The Morgan fingerprint density at radius 3 is 2.32 bits per heavy atom. The number of carbonyl (C=O) groups excluding carboxylic acids is 1. The number of piperidine rings is 1.